The standard InChI is InChI=1S/C26H32N8O2/c1-5-33-16-28-32-24(33)18-7-8-21(22(14-18)36-6-2)30-26-27-15-19-13-17(3)29-25(23(19)31-26)34-11-9-20(35-4)10-12-34/h7-8,13-16,20H,5-6,9-12H2,1-4H3,(H,27,30,31). The predicted octanol–water partition coefficient (Wildman–Crippen LogP) is 4.37. The van der Waals surface area contributed by atoms with Crippen molar-refractivity contribution in [1.29, 1.82) is 0 Å². The molecule has 1 aliphatic heterocycles. The van der Waals surface area contributed by atoms with Gasteiger partial charge in [-0.05, 0) is 57.9 Å². The maximum Gasteiger partial charge on any atom is 0.227 e. The molecule has 4 aromatic rings. The molecule has 36 heavy (non-hydrogen) atoms. The van der Waals surface area contributed by atoms with Gasteiger partial charge in [0.1, 0.15) is 17.6 Å². The van der Waals surface area contributed by atoms with Gasteiger partial charge in [0.25, 0.3) is 0 Å². The van der Waals surface area contributed by atoms with Gasteiger partial charge < -0.3 is 24.3 Å². The van der Waals surface area contributed by atoms with Gasteiger partial charge >= 0.3 is 0 Å². The Labute approximate surface area is 210 Å². The van der Waals surface area contributed by atoms with Crippen molar-refractivity contribution < 1.29 is 9.47 Å². The lowest BCUT2D eigenvalue weighted by atomic mass is 10.1. The molecule has 1 aliphatic rings. The summed E-state index contributed by atoms with van der Waals surface area (Å²) < 4.78 is 13.5. The molecule has 4 heterocycles. The first kappa shape index (κ1) is 23.9. The molecular formula is C26H32N8O2. The number of anilines is 3. The van der Waals surface area contributed by atoms with Crippen LogP contribution in [0.2, 0.25) is 0 Å². The van der Waals surface area contributed by atoms with Gasteiger partial charge in [-0.15, -0.1) is 10.2 Å². The van der Waals surface area contributed by atoms with Crippen LogP contribution in [-0.4, -0.2) is 62.6 Å². The number of ether oxygens (including phenoxy) is 2. The van der Waals surface area contributed by atoms with Crippen molar-refractivity contribution >= 4 is 28.4 Å². The first-order valence-corrected chi connectivity index (χ1v) is 12.4. The Balaban J connectivity index is 1.47. The van der Waals surface area contributed by atoms with Crippen molar-refractivity contribution in [1.82, 2.24) is 29.7 Å². The largest absolute Gasteiger partial charge is 0.492 e. The second-order valence-electron chi connectivity index (χ2n) is 8.85. The molecule has 1 fully saturated rings. The molecule has 1 aromatic carbocycles. The highest BCUT2D eigenvalue weighted by molar-refractivity contribution is 5.89. The summed E-state index contributed by atoms with van der Waals surface area (Å²) >= 11 is 0. The number of benzene rings is 1. The number of aryl methyl sites for hydroxylation is 2. The van der Waals surface area contributed by atoms with E-state index in [4.69, 9.17) is 19.4 Å². The monoisotopic (exact) mass is 488 g/mol. The number of aromatic nitrogens is 6. The van der Waals surface area contributed by atoms with Crippen LogP contribution in [0.25, 0.3) is 22.3 Å². The van der Waals surface area contributed by atoms with Gasteiger partial charge in [0.05, 0.1) is 18.4 Å². The number of piperidine rings is 1. The minimum absolute atomic E-state index is 0.301. The van der Waals surface area contributed by atoms with Crippen LogP contribution in [-0.2, 0) is 11.3 Å². The molecule has 0 atom stereocenters. The van der Waals surface area contributed by atoms with Crippen LogP contribution in [0, 0.1) is 6.92 Å². The third-order valence-corrected chi connectivity index (χ3v) is 6.49. The van der Waals surface area contributed by atoms with E-state index >= 15 is 0 Å². The molecule has 0 amide bonds. The lowest BCUT2D eigenvalue weighted by Gasteiger charge is -2.32. The van der Waals surface area contributed by atoms with Crippen LogP contribution >= 0.6 is 0 Å². The first-order valence-electron chi connectivity index (χ1n) is 12.4. The maximum absolute atomic E-state index is 5.96. The van der Waals surface area contributed by atoms with E-state index in [9.17, 15) is 0 Å². The number of fused-ring (bicyclic) bond motifs is 1. The van der Waals surface area contributed by atoms with Gasteiger partial charge in [0.15, 0.2) is 11.6 Å². The van der Waals surface area contributed by atoms with Gasteiger partial charge in [-0.3, -0.25) is 0 Å². The minimum Gasteiger partial charge on any atom is -0.492 e. The molecule has 5 rings (SSSR count). The fourth-order valence-corrected chi connectivity index (χ4v) is 4.61. The van der Waals surface area contributed by atoms with Crippen LogP contribution in [0.15, 0.2) is 36.8 Å². The molecule has 0 unspecified atom stereocenters. The third kappa shape index (κ3) is 4.81. The van der Waals surface area contributed by atoms with E-state index < -0.39 is 0 Å². The van der Waals surface area contributed by atoms with E-state index in [1.165, 1.54) is 0 Å². The minimum atomic E-state index is 0.301. The highest BCUT2D eigenvalue weighted by atomic mass is 16.5. The van der Waals surface area contributed by atoms with Crippen LogP contribution in [0.1, 0.15) is 32.4 Å². The number of hydrogen-bond acceptors (Lipinski definition) is 9. The summed E-state index contributed by atoms with van der Waals surface area (Å²) in [7, 11) is 1.78. The maximum atomic E-state index is 5.96. The van der Waals surface area contributed by atoms with Crippen LogP contribution in [0.4, 0.5) is 17.5 Å². The Hall–Kier alpha value is -3.79. The van der Waals surface area contributed by atoms with Crippen molar-refractivity contribution in [2.45, 2.75) is 46.3 Å². The molecule has 0 radical (unpaired) electrons. The Morgan fingerprint density at radius 2 is 1.94 bits per heavy atom. The molecule has 10 nitrogen and oxygen atoms in total. The third-order valence-electron chi connectivity index (χ3n) is 6.49. The zero-order valence-electron chi connectivity index (χ0n) is 21.2. The topological polar surface area (TPSA) is 103 Å². The molecular weight excluding hydrogens is 456 g/mol. The molecule has 3 aromatic heterocycles. The Bertz CT molecular complexity index is 1350. The van der Waals surface area contributed by atoms with Crippen molar-refractivity contribution in [3.05, 3.63) is 42.5 Å². The molecule has 0 bridgehead atoms. The first-order chi connectivity index (χ1) is 17.6. The van der Waals surface area contributed by atoms with E-state index in [-0.39, 0.29) is 0 Å². The van der Waals surface area contributed by atoms with Crippen LogP contribution in [0.5, 0.6) is 5.75 Å². The highest BCUT2D eigenvalue weighted by Crippen LogP contribution is 2.33. The molecule has 0 aliphatic carbocycles. The fraction of sp³-hybridized carbons (Fsp3) is 0.423. The molecule has 1 saturated heterocycles. The summed E-state index contributed by atoms with van der Waals surface area (Å²) in [6.45, 7) is 9.12. The van der Waals surface area contributed by atoms with Gasteiger partial charge in [0, 0.05) is 49.6 Å². The summed E-state index contributed by atoms with van der Waals surface area (Å²) in [5, 5.41) is 12.6. The van der Waals surface area contributed by atoms with Crippen LogP contribution in [0.3, 0.4) is 0 Å². The second-order valence-corrected chi connectivity index (χ2v) is 8.85. The summed E-state index contributed by atoms with van der Waals surface area (Å²) in [6.07, 6.45) is 5.83. The van der Waals surface area contributed by atoms with E-state index in [2.05, 4.69) is 32.3 Å². The van der Waals surface area contributed by atoms with Crippen LogP contribution < -0.4 is 15.0 Å². The van der Waals surface area contributed by atoms with E-state index in [1.807, 2.05) is 48.9 Å². The fourth-order valence-electron chi connectivity index (χ4n) is 4.61. The molecule has 188 valence electrons. The van der Waals surface area contributed by atoms with E-state index in [0.717, 1.165) is 72.0 Å². The molecule has 0 saturated carbocycles. The molecule has 10 heteroatoms. The lowest BCUT2D eigenvalue weighted by Crippen LogP contribution is -2.37. The summed E-state index contributed by atoms with van der Waals surface area (Å²) in [5.41, 5.74) is 3.50. The molecule has 1 N–H and O–H groups in total. The average Bonchev–Trinajstić information content (AvgIpc) is 3.39. The smallest absolute Gasteiger partial charge is 0.227 e. The van der Waals surface area contributed by atoms with Crippen molar-refractivity contribution in [2.75, 3.05) is 37.0 Å². The average molecular weight is 489 g/mol. The Morgan fingerprint density at radius 3 is 2.69 bits per heavy atom. The zero-order chi connectivity index (χ0) is 25.1. The number of pyridine rings is 1. The number of nitrogens with one attached hydrogen (secondary N) is 1. The number of methoxy groups -OCH3 is 1. The zero-order valence-corrected chi connectivity index (χ0v) is 21.2. The Kier molecular flexibility index (Phi) is 6.95. The van der Waals surface area contributed by atoms with Gasteiger partial charge in [-0.2, -0.15) is 0 Å². The summed E-state index contributed by atoms with van der Waals surface area (Å²) in [5.74, 6) is 2.89. The van der Waals surface area contributed by atoms with Gasteiger partial charge in [-0.25, -0.2) is 15.0 Å². The van der Waals surface area contributed by atoms with Gasteiger partial charge in [0.2, 0.25) is 5.95 Å². The summed E-state index contributed by atoms with van der Waals surface area (Å²) in [6, 6.07) is 7.96. The highest BCUT2D eigenvalue weighted by Gasteiger charge is 2.22. The predicted molar refractivity (Wildman–Crippen MR) is 140 cm³/mol. The number of hydrogen-bond donors (Lipinski definition) is 1. The Morgan fingerprint density at radius 1 is 1.11 bits per heavy atom. The lowest BCUT2D eigenvalue weighted by molar-refractivity contribution is 0.0818. The summed E-state index contributed by atoms with van der Waals surface area (Å²) in [4.78, 5) is 16.6. The quantitative estimate of drug-likeness (QED) is 0.387. The van der Waals surface area contributed by atoms with E-state index in [1.54, 1.807) is 13.4 Å². The molecule has 0 spiro atoms. The van der Waals surface area contributed by atoms with Crippen molar-refractivity contribution in [2.24, 2.45) is 0 Å². The van der Waals surface area contributed by atoms with E-state index in [0.29, 0.717) is 24.4 Å². The SMILES string of the molecule is CCOc1cc(-c2nncn2CC)ccc1Nc1ncc2cc(C)nc(N3CCC(OC)CC3)c2n1. The van der Waals surface area contributed by atoms with Crippen molar-refractivity contribution in [3.63, 3.8) is 0 Å². The van der Waals surface area contributed by atoms with Gasteiger partial charge in [-0.1, -0.05) is 0 Å². The second kappa shape index (κ2) is 10.4. The number of rotatable bonds is 8. The normalized spacial score (nSPS) is 14.4. The van der Waals surface area contributed by atoms with Crippen molar-refractivity contribution in [3.8, 4) is 17.1 Å². The number of nitrogens with zero attached hydrogens (tertiary/aromatic N) is 7.